The van der Waals surface area contributed by atoms with Gasteiger partial charge in [-0.05, 0) is 24.1 Å². The molecule has 2 aromatic rings. The maximum Gasteiger partial charge on any atom is 0.140 e. The number of hydrogen-bond donors (Lipinski definition) is 2. The van der Waals surface area contributed by atoms with E-state index in [4.69, 9.17) is 27.6 Å². The molecule has 2 atom stereocenters. The Labute approximate surface area is 130 Å². The first-order chi connectivity index (χ1) is 10.0. The Hall–Kier alpha value is -0.880. The van der Waals surface area contributed by atoms with Gasteiger partial charge < -0.3 is 9.52 Å². The Morgan fingerprint density at radius 2 is 2.05 bits per heavy atom. The van der Waals surface area contributed by atoms with Crippen LogP contribution in [0.5, 0.6) is 0 Å². The number of furan rings is 1. The number of fused-ring (bicyclic) bond motifs is 1. The molecule has 0 saturated carbocycles. The second-order valence-corrected chi connectivity index (χ2v) is 6.03. The summed E-state index contributed by atoms with van der Waals surface area (Å²) in [6, 6.07) is 5.57. The van der Waals surface area contributed by atoms with Crippen molar-refractivity contribution in [1.82, 2.24) is 5.32 Å². The van der Waals surface area contributed by atoms with Gasteiger partial charge in [0.2, 0.25) is 0 Å². The zero-order valence-corrected chi connectivity index (χ0v) is 12.5. The van der Waals surface area contributed by atoms with Gasteiger partial charge in [-0.15, -0.1) is 23.2 Å². The lowest BCUT2D eigenvalue weighted by atomic mass is 9.85. The number of aliphatic hydroxyl groups is 1. The maximum absolute atomic E-state index is 13.5. The van der Waals surface area contributed by atoms with E-state index in [2.05, 4.69) is 5.32 Å². The Kier molecular flexibility index (Phi) is 5.43. The third-order valence-electron chi connectivity index (χ3n) is 3.47. The number of rotatable bonds is 7. The molecule has 0 fully saturated rings. The molecular weight excluding hydrogens is 323 g/mol. The first-order valence-electron chi connectivity index (χ1n) is 6.35. The summed E-state index contributed by atoms with van der Waals surface area (Å²) in [5.74, 6) is 0. The summed E-state index contributed by atoms with van der Waals surface area (Å²) in [6.07, 6.45) is 1.48. The van der Waals surface area contributed by atoms with Crippen LogP contribution in [0.1, 0.15) is 12.0 Å². The van der Waals surface area contributed by atoms with Crippen molar-refractivity contribution in [2.75, 3.05) is 13.5 Å². The van der Waals surface area contributed by atoms with Gasteiger partial charge >= 0.3 is 0 Å². The van der Waals surface area contributed by atoms with Crippen molar-refractivity contribution in [2.24, 2.45) is 0 Å². The minimum atomic E-state index is -1.95. The normalized spacial score (nSPS) is 16.3. The van der Waals surface area contributed by atoms with Gasteiger partial charge in [0.05, 0.1) is 6.26 Å². The first kappa shape index (κ1) is 16.5. The minimum absolute atomic E-state index is 0.0103. The summed E-state index contributed by atoms with van der Waals surface area (Å²) in [5, 5.41) is 13.9. The predicted octanol–water partition coefficient (Wildman–Crippen LogP) is 3.67. The Balaban J connectivity index is 2.40. The molecule has 2 rings (SSSR count). The lowest BCUT2D eigenvalue weighted by Crippen LogP contribution is -2.50. The van der Waals surface area contributed by atoms with Crippen LogP contribution >= 0.6 is 23.2 Å². The zero-order valence-electron chi connectivity index (χ0n) is 11.0. The number of benzene rings is 1. The van der Waals surface area contributed by atoms with Gasteiger partial charge in [-0.3, -0.25) is 5.32 Å². The average molecular weight is 338 g/mol. The third-order valence-corrected chi connectivity index (χ3v) is 3.83. The van der Waals surface area contributed by atoms with E-state index in [0.717, 1.165) is 5.39 Å². The van der Waals surface area contributed by atoms with Gasteiger partial charge in [-0.25, -0.2) is 8.78 Å². The largest absolute Gasteiger partial charge is 0.464 e. The van der Waals surface area contributed by atoms with E-state index >= 15 is 0 Å². The van der Waals surface area contributed by atoms with Crippen molar-refractivity contribution < 1.29 is 18.3 Å². The molecule has 116 valence electrons. The zero-order chi connectivity index (χ0) is 15.5. The lowest BCUT2D eigenvalue weighted by Gasteiger charge is -2.35. The van der Waals surface area contributed by atoms with Crippen molar-refractivity contribution in [3.63, 3.8) is 0 Å². The van der Waals surface area contributed by atoms with Gasteiger partial charge in [-0.2, -0.15) is 0 Å². The molecule has 21 heavy (non-hydrogen) atoms. The molecule has 0 aliphatic rings. The molecular formula is C14H15Cl2F2NO2. The highest BCUT2D eigenvalue weighted by molar-refractivity contribution is 6.44. The van der Waals surface area contributed by atoms with E-state index in [1.54, 1.807) is 18.2 Å². The van der Waals surface area contributed by atoms with Gasteiger partial charge in [0.25, 0.3) is 0 Å². The molecule has 1 aromatic carbocycles. The van der Waals surface area contributed by atoms with E-state index in [1.807, 2.05) is 0 Å². The van der Waals surface area contributed by atoms with E-state index in [1.165, 1.54) is 12.3 Å². The molecule has 0 amide bonds. The van der Waals surface area contributed by atoms with Crippen molar-refractivity contribution in [3.05, 3.63) is 36.1 Å². The molecule has 0 aliphatic carbocycles. The van der Waals surface area contributed by atoms with Crippen LogP contribution in [0, 0.1) is 0 Å². The number of halogens is 4. The fourth-order valence-electron chi connectivity index (χ4n) is 2.31. The quantitative estimate of drug-likeness (QED) is 0.598. The maximum atomic E-state index is 13.5. The van der Waals surface area contributed by atoms with Gasteiger partial charge in [-0.1, -0.05) is 12.1 Å². The predicted molar refractivity (Wildman–Crippen MR) is 79.1 cm³/mol. The van der Waals surface area contributed by atoms with Crippen molar-refractivity contribution >= 4 is 34.2 Å². The smallest absolute Gasteiger partial charge is 0.140 e. The summed E-state index contributed by atoms with van der Waals surface area (Å²) in [4.78, 5) is -0.862. The molecule has 3 nitrogen and oxygen atoms in total. The van der Waals surface area contributed by atoms with Crippen LogP contribution in [0.2, 0.25) is 0 Å². The fourth-order valence-corrected chi connectivity index (χ4v) is 2.67. The van der Waals surface area contributed by atoms with E-state index in [9.17, 15) is 13.9 Å². The Morgan fingerprint density at radius 1 is 1.29 bits per heavy atom. The number of nitrogens with one attached hydrogen (secondary N) is 1. The molecule has 1 heterocycles. The van der Waals surface area contributed by atoms with E-state index < -0.39 is 30.0 Å². The average Bonchev–Trinajstić information content (AvgIpc) is 2.93. The van der Waals surface area contributed by atoms with Crippen molar-refractivity contribution in [2.45, 2.75) is 22.9 Å². The van der Waals surface area contributed by atoms with Crippen LogP contribution in [0.4, 0.5) is 8.78 Å². The van der Waals surface area contributed by atoms with Crippen molar-refractivity contribution in [3.8, 4) is 0 Å². The standard InChI is InChI=1S/C14H15Cl2F2NO2/c15-13(16)6-12(19-8-18)14(20,7-17)10-2-1-9-3-4-21-11(9)5-10/h1-5,12-13,19-20H,6-8H2. The summed E-state index contributed by atoms with van der Waals surface area (Å²) in [7, 11) is 0. The molecule has 0 saturated heterocycles. The molecule has 1 aromatic heterocycles. The molecule has 0 spiro atoms. The molecule has 0 bridgehead atoms. The monoisotopic (exact) mass is 337 g/mol. The van der Waals surface area contributed by atoms with Crippen molar-refractivity contribution in [1.29, 1.82) is 0 Å². The van der Waals surface area contributed by atoms with Crippen LogP contribution < -0.4 is 5.32 Å². The van der Waals surface area contributed by atoms with Crippen LogP contribution in [0.15, 0.2) is 34.9 Å². The number of alkyl halides is 4. The van der Waals surface area contributed by atoms with Gasteiger partial charge in [0, 0.05) is 11.4 Å². The van der Waals surface area contributed by atoms with Gasteiger partial charge in [0.1, 0.15) is 29.5 Å². The molecule has 2 N–H and O–H groups in total. The summed E-state index contributed by atoms with van der Waals surface area (Å²) >= 11 is 11.4. The Bertz CT molecular complexity index is 593. The van der Waals surface area contributed by atoms with Gasteiger partial charge in [0.15, 0.2) is 0 Å². The second kappa shape index (κ2) is 6.92. The molecule has 0 aliphatic heterocycles. The topological polar surface area (TPSA) is 45.4 Å². The summed E-state index contributed by atoms with van der Waals surface area (Å²) in [5.41, 5.74) is -1.17. The highest BCUT2D eigenvalue weighted by atomic mass is 35.5. The number of hydrogen-bond acceptors (Lipinski definition) is 3. The molecule has 7 heteroatoms. The molecule has 2 unspecified atom stereocenters. The Morgan fingerprint density at radius 3 is 2.67 bits per heavy atom. The molecule has 0 radical (unpaired) electrons. The van der Waals surface area contributed by atoms with E-state index in [0.29, 0.717) is 5.58 Å². The van der Waals surface area contributed by atoms with Crippen LogP contribution in [0.3, 0.4) is 0 Å². The van der Waals surface area contributed by atoms with Crippen LogP contribution in [0.25, 0.3) is 11.0 Å². The summed E-state index contributed by atoms with van der Waals surface area (Å²) < 4.78 is 31.4. The lowest BCUT2D eigenvalue weighted by molar-refractivity contribution is -0.0295. The third kappa shape index (κ3) is 3.48. The summed E-state index contributed by atoms with van der Waals surface area (Å²) in [6.45, 7) is -2.05. The van der Waals surface area contributed by atoms with E-state index in [-0.39, 0.29) is 12.0 Å². The minimum Gasteiger partial charge on any atom is -0.464 e. The van der Waals surface area contributed by atoms with Crippen LogP contribution in [-0.2, 0) is 5.60 Å². The highest BCUT2D eigenvalue weighted by Crippen LogP contribution is 2.32. The van der Waals surface area contributed by atoms with Crippen LogP contribution in [-0.4, -0.2) is 29.5 Å². The fraction of sp³-hybridized carbons (Fsp3) is 0.429. The highest BCUT2D eigenvalue weighted by Gasteiger charge is 2.39. The SMILES string of the molecule is OC(CF)(c1ccc2ccoc2c1)C(CC(Cl)Cl)NCF. The second-order valence-electron chi connectivity index (χ2n) is 4.75. The first-order valence-corrected chi connectivity index (χ1v) is 7.22.